The lowest BCUT2D eigenvalue weighted by molar-refractivity contribution is 0.0979. The molecule has 0 aliphatic carbocycles. The van der Waals surface area contributed by atoms with Gasteiger partial charge in [0.15, 0.2) is 5.78 Å². The molecule has 0 aliphatic heterocycles. The van der Waals surface area contributed by atoms with Crippen LogP contribution >= 0.6 is 15.9 Å². The van der Waals surface area contributed by atoms with E-state index in [4.69, 9.17) is 0 Å². The van der Waals surface area contributed by atoms with Gasteiger partial charge in [-0.3, -0.25) is 4.79 Å². The van der Waals surface area contributed by atoms with E-state index in [1.807, 2.05) is 24.3 Å². The molecule has 0 saturated carbocycles. The van der Waals surface area contributed by atoms with E-state index in [1.54, 1.807) is 12.1 Å². The number of benzene rings is 2. The van der Waals surface area contributed by atoms with Crippen molar-refractivity contribution in [1.82, 2.24) is 0 Å². The Kier molecular flexibility index (Phi) is 4.26. The first kappa shape index (κ1) is 13.0. The Morgan fingerprint density at radius 2 is 1.89 bits per heavy atom. The molecule has 0 saturated heterocycles. The Hall–Kier alpha value is -1.48. The van der Waals surface area contributed by atoms with Crippen LogP contribution in [0, 0.1) is 5.82 Å². The quantitative estimate of drug-likeness (QED) is 0.765. The minimum Gasteiger partial charge on any atom is -0.294 e. The summed E-state index contributed by atoms with van der Waals surface area (Å²) in [6, 6.07) is 13.9. The molecule has 0 atom stereocenters. The Morgan fingerprint density at radius 1 is 1.11 bits per heavy atom. The van der Waals surface area contributed by atoms with Gasteiger partial charge < -0.3 is 0 Å². The van der Waals surface area contributed by atoms with Crippen molar-refractivity contribution >= 4 is 21.7 Å². The minimum absolute atomic E-state index is 0.159. The molecule has 18 heavy (non-hydrogen) atoms. The molecule has 1 nitrogen and oxygen atoms in total. The third-order valence-electron chi connectivity index (χ3n) is 2.70. The maximum Gasteiger partial charge on any atom is 0.166 e. The normalized spacial score (nSPS) is 10.3. The van der Waals surface area contributed by atoms with E-state index >= 15 is 0 Å². The molecule has 3 heteroatoms. The van der Waals surface area contributed by atoms with Crippen molar-refractivity contribution < 1.29 is 9.18 Å². The van der Waals surface area contributed by atoms with Crippen molar-refractivity contribution in [2.24, 2.45) is 0 Å². The van der Waals surface area contributed by atoms with Gasteiger partial charge in [-0.05, 0) is 36.2 Å². The summed E-state index contributed by atoms with van der Waals surface area (Å²) in [5.74, 6) is -0.607. The van der Waals surface area contributed by atoms with Gasteiger partial charge in [0.2, 0.25) is 0 Å². The number of hydrogen-bond acceptors (Lipinski definition) is 1. The average Bonchev–Trinajstić information content (AvgIpc) is 2.37. The van der Waals surface area contributed by atoms with Crippen LogP contribution < -0.4 is 0 Å². The van der Waals surface area contributed by atoms with Crippen LogP contribution in [0.15, 0.2) is 53.0 Å². The van der Waals surface area contributed by atoms with Gasteiger partial charge in [0.1, 0.15) is 5.82 Å². The molecular weight excluding hydrogens is 295 g/mol. The Balaban J connectivity index is 2.03. The van der Waals surface area contributed by atoms with E-state index in [-0.39, 0.29) is 11.3 Å². The standard InChI is InChI=1S/C15H12BrFO/c16-12-5-3-4-11(10-12)8-9-15(18)13-6-1-2-7-14(13)17/h1-7,10H,8-9H2. The van der Waals surface area contributed by atoms with Gasteiger partial charge in [0.25, 0.3) is 0 Å². The maximum atomic E-state index is 13.4. The zero-order chi connectivity index (χ0) is 13.0. The van der Waals surface area contributed by atoms with Gasteiger partial charge in [-0.2, -0.15) is 0 Å². The summed E-state index contributed by atoms with van der Waals surface area (Å²) in [6.07, 6.45) is 0.935. The van der Waals surface area contributed by atoms with Crippen LogP contribution in [-0.4, -0.2) is 5.78 Å². The summed E-state index contributed by atoms with van der Waals surface area (Å²) in [4.78, 5) is 11.9. The van der Waals surface area contributed by atoms with E-state index in [1.165, 1.54) is 12.1 Å². The highest BCUT2D eigenvalue weighted by atomic mass is 79.9. The molecule has 2 rings (SSSR count). The van der Waals surface area contributed by atoms with Gasteiger partial charge in [0.05, 0.1) is 5.56 Å². The second kappa shape index (κ2) is 5.91. The summed E-state index contributed by atoms with van der Waals surface area (Å²) >= 11 is 3.38. The topological polar surface area (TPSA) is 17.1 Å². The molecule has 92 valence electrons. The van der Waals surface area contributed by atoms with E-state index in [0.717, 1.165) is 10.0 Å². The first-order chi connectivity index (χ1) is 8.66. The van der Waals surface area contributed by atoms with E-state index in [0.29, 0.717) is 12.8 Å². The van der Waals surface area contributed by atoms with Gasteiger partial charge in [-0.1, -0.05) is 40.2 Å². The molecule has 0 fully saturated rings. The number of carbonyl (C=O) groups is 1. The molecule has 0 unspecified atom stereocenters. The number of hydrogen-bond donors (Lipinski definition) is 0. The second-order valence-electron chi connectivity index (χ2n) is 4.03. The monoisotopic (exact) mass is 306 g/mol. The Morgan fingerprint density at radius 3 is 2.61 bits per heavy atom. The van der Waals surface area contributed by atoms with Gasteiger partial charge in [-0.15, -0.1) is 0 Å². The average molecular weight is 307 g/mol. The molecule has 0 amide bonds. The van der Waals surface area contributed by atoms with Crippen molar-refractivity contribution in [2.45, 2.75) is 12.8 Å². The Labute approximate surface area is 114 Å². The van der Waals surface area contributed by atoms with Crippen LogP contribution in [0.25, 0.3) is 0 Å². The lowest BCUT2D eigenvalue weighted by Gasteiger charge is -2.03. The third kappa shape index (κ3) is 3.26. The molecule has 0 aliphatic rings. The van der Waals surface area contributed by atoms with Gasteiger partial charge in [0, 0.05) is 10.9 Å². The van der Waals surface area contributed by atoms with Gasteiger partial charge in [-0.25, -0.2) is 4.39 Å². The molecule has 0 bridgehead atoms. The summed E-state index contributed by atoms with van der Waals surface area (Å²) in [5.41, 5.74) is 1.24. The number of halogens is 2. The van der Waals surface area contributed by atoms with Crippen molar-refractivity contribution in [3.05, 3.63) is 69.9 Å². The fourth-order valence-electron chi connectivity index (χ4n) is 1.77. The van der Waals surface area contributed by atoms with Crippen molar-refractivity contribution in [1.29, 1.82) is 0 Å². The predicted molar refractivity (Wildman–Crippen MR) is 73.2 cm³/mol. The molecule has 0 spiro atoms. The highest BCUT2D eigenvalue weighted by Crippen LogP contribution is 2.15. The van der Waals surface area contributed by atoms with Gasteiger partial charge >= 0.3 is 0 Å². The fourth-order valence-corrected chi connectivity index (χ4v) is 2.22. The largest absolute Gasteiger partial charge is 0.294 e. The molecule has 2 aromatic carbocycles. The summed E-state index contributed by atoms with van der Waals surface area (Å²) in [7, 11) is 0. The highest BCUT2D eigenvalue weighted by Gasteiger charge is 2.10. The Bertz CT molecular complexity index is 566. The van der Waals surface area contributed by atoms with Crippen molar-refractivity contribution in [3.63, 3.8) is 0 Å². The van der Waals surface area contributed by atoms with Crippen LogP contribution in [0.5, 0.6) is 0 Å². The third-order valence-corrected chi connectivity index (χ3v) is 3.20. The van der Waals surface area contributed by atoms with Crippen LogP contribution in [-0.2, 0) is 6.42 Å². The minimum atomic E-state index is -0.447. The first-order valence-electron chi connectivity index (χ1n) is 5.69. The summed E-state index contributed by atoms with van der Waals surface area (Å²) in [6.45, 7) is 0. The first-order valence-corrected chi connectivity index (χ1v) is 6.48. The van der Waals surface area contributed by atoms with Crippen LogP contribution in [0.1, 0.15) is 22.3 Å². The van der Waals surface area contributed by atoms with Crippen LogP contribution in [0.2, 0.25) is 0 Å². The fraction of sp³-hybridized carbons (Fsp3) is 0.133. The maximum absolute atomic E-state index is 13.4. The SMILES string of the molecule is O=C(CCc1cccc(Br)c1)c1ccccc1F. The van der Waals surface area contributed by atoms with Crippen molar-refractivity contribution in [3.8, 4) is 0 Å². The smallest absolute Gasteiger partial charge is 0.166 e. The van der Waals surface area contributed by atoms with Crippen LogP contribution in [0.3, 0.4) is 0 Å². The van der Waals surface area contributed by atoms with Crippen molar-refractivity contribution in [2.75, 3.05) is 0 Å². The van der Waals surface area contributed by atoms with Crippen LogP contribution in [0.4, 0.5) is 4.39 Å². The molecule has 0 radical (unpaired) electrons. The second-order valence-corrected chi connectivity index (χ2v) is 4.95. The molecular formula is C15H12BrFO. The number of aryl methyl sites for hydroxylation is 1. The number of rotatable bonds is 4. The van der Waals surface area contributed by atoms with E-state index in [9.17, 15) is 9.18 Å². The number of ketones is 1. The predicted octanol–water partition coefficient (Wildman–Crippen LogP) is 4.40. The number of carbonyl (C=O) groups excluding carboxylic acids is 1. The lowest BCUT2D eigenvalue weighted by atomic mass is 10.0. The number of Topliss-reactive ketones (excluding diaryl/α,β-unsaturated/α-hetero) is 1. The summed E-state index contributed by atoms with van der Waals surface area (Å²) < 4.78 is 14.4. The zero-order valence-electron chi connectivity index (χ0n) is 9.70. The van der Waals surface area contributed by atoms with E-state index in [2.05, 4.69) is 15.9 Å². The molecule has 0 N–H and O–H groups in total. The highest BCUT2D eigenvalue weighted by molar-refractivity contribution is 9.10. The summed E-state index contributed by atoms with van der Waals surface area (Å²) in [5, 5.41) is 0. The lowest BCUT2D eigenvalue weighted by Crippen LogP contribution is -2.03. The zero-order valence-corrected chi connectivity index (χ0v) is 11.3. The molecule has 0 aromatic heterocycles. The van der Waals surface area contributed by atoms with E-state index < -0.39 is 5.82 Å². The molecule has 0 heterocycles. The molecule has 2 aromatic rings.